The lowest BCUT2D eigenvalue weighted by Crippen LogP contribution is -2.29. The molecule has 1 saturated carbocycles. The first-order valence-electron chi connectivity index (χ1n) is 6.32. The number of carbonyl (C=O) groups is 3. The fraction of sp³-hybridized carbons (Fsp3) is 0.769. The van der Waals surface area contributed by atoms with Gasteiger partial charge in [0.2, 0.25) is 0 Å². The van der Waals surface area contributed by atoms with Crippen LogP contribution in [0.15, 0.2) is 0 Å². The van der Waals surface area contributed by atoms with Crippen LogP contribution in [-0.4, -0.2) is 24.1 Å². The zero-order valence-corrected chi connectivity index (χ0v) is 10.5. The Labute approximate surface area is 102 Å². The molecule has 1 rings (SSSR count). The highest BCUT2D eigenvalue weighted by Gasteiger charge is 2.36. The third-order valence-corrected chi connectivity index (χ3v) is 2.89. The molecule has 1 unspecified atom stereocenters. The molecule has 96 valence electrons. The van der Waals surface area contributed by atoms with Gasteiger partial charge in [-0.05, 0) is 26.2 Å². The summed E-state index contributed by atoms with van der Waals surface area (Å²) in [5.41, 5.74) is 0. The Balaban J connectivity index is 2.59. The molecule has 0 radical (unpaired) electrons. The smallest absolute Gasteiger partial charge is 0.316 e. The van der Waals surface area contributed by atoms with Crippen molar-refractivity contribution >= 4 is 17.5 Å². The maximum Gasteiger partial charge on any atom is 0.316 e. The Bertz CT molecular complexity index is 287. The van der Waals surface area contributed by atoms with Gasteiger partial charge in [0.25, 0.3) is 0 Å². The van der Waals surface area contributed by atoms with E-state index in [0.717, 1.165) is 12.8 Å². The topological polar surface area (TPSA) is 60.4 Å². The standard InChI is InChI=1S/C13H20O4/c1-3-5-11(14)10(13(16)17-4-2)8-12(15)9-6-7-9/h9-10H,3-8H2,1-2H3. The van der Waals surface area contributed by atoms with Crippen molar-refractivity contribution in [1.82, 2.24) is 0 Å². The molecule has 1 fully saturated rings. The van der Waals surface area contributed by atoms with Crippen molar-refractivity contribution in [2.45, 2.75) is 46.0 Å². The predicted octanol–water partition coefficient (Wildman–Crippen LogP) is 1.90. The summed E-state index contributed by atoms with van der Waals surface area (Å²) >= 11 is 0. The van der Waals surface area contributed by atoms with Gasteiger partial charge < -0.3 is 4.74 Å². The second-order valence-electron chi connectivity index (χ2n) is 4.47. The molecule has 0 heterocycles. The van der Waals surface area contributed by atoms with Crippen molar-refractivity contribution in [1.29, 1.82) is 0 Å². The molecule has 17 heavy (non-hydrogen) atoms. The number of Topliss-reactive ketones (excluding diaryl/α,β-unsaturated/α-hetero) is 2. The van der Waals surface area contributed by atoms with E-state index in [1.54, 1.807) is 6.92 Å². The maximum atomic E-state index is 11.8. The highest BCUT2D eigenvalue weighted by atomic mass is 16.5. The Morgan fingerprint density at radius 2 is 1.88 bits per heavy atom. The van der Waals surface area contributed by atoms with Crippen LogP contribution in [0.1, 0.15) is 46.0 Å². The minimum atomic E-state index is -0.872. The fourth-order valence-electron chi connectivity index (χ4n) is 1.77. The minimum absolute atomic E-state index is 0.0301. The third-order valence-electron chi connectivity index (χ3n) is 2.89. The third kappa shape index (κ3) is 4.29. The number of carbonyl (C=O) groups excluding carboxylic acids is 3. The molecule has 0 bridgehead atoms. The molecule has 0 spiro atoms. The zero-order valence-electron chi connectivity index (χ0n) is 10.5. The van der Waals surface area contributed by atoms with Crippen molar-refractivity contribution < 1.29 is 19.1 Å². The second kappa shape index (κ2) is 6.52. The van der Waals surface area contributed by atoms with Crippen LogP contribution in [-0.2, 0) is 19.1 Å². The Kier molecular flexibility index (Phi) is 5.32. The summed E-state index contributed by atoms with van der Waals surface area (Å²) < 4.78 is 4.86. The van der Waals surface area contributed by atoms with Crippen molar-refractivity contribution in [3.8, 4) is 0 Å². The molecular weight excluding hydrogens is 220 g/mol. The zero-order chi connectivity index (χ0) is 12.8. The van der Waals surface area contributed by atoms with E-state index in [9.17, 15) is 14.4 Å². The van der Waals surface area contributed by atoms with Crippen molar-refractivity contribution in [3.05, 3.63) is 0 Å². The first-order valence-corrected chi connectivity index (χ1v) is 6.32. The molecule has 0 saturated heterocycles. The second-order valence-corrected chi connectivity index (χ2v) is 4.47. The summed E-state index contributed by atoms with van der Waals surface area (Å²) in [5, 5.41) is 0. The summed E-state index contributed by atoms with van der Waals surface area (Å²) in [5.74, 6) is -1.46. The normalized spacial score (nSPS) is 16.4. The molecule has 0 aliphatic heterocycles. The van der Waals surface area contributed by atoms with Gasteiger partial charge in [0.15, 0.2) is 0 Å². The quantitative estimate of drug-likeness (QED) is 0.480. The van der Waals surface area contributed by atoms with E-state index in [1.165, 1.54) is 0 Å². The van der Waals surface area contributed by atoms with Gasteiger partial charge in [-0.1, -0.05) is 6.92 Å². The van der Waals surface area contributed by atoms with Crippen LogP contribution in [0.25, 0.3) is 0 Å². The van der Waals surface area contributed by atoms with Crippen LogP contribution in [0.4, 0.5) is 0 Å². The lowest BCUT2D eigenvalue weighted by atomic mass is 9.93. The number of hydrogen-bond donors (Lipinski definition) is 0. The van der Waals surface area contributed by atoms with Crippen LogP contribution < -0.4 is 0 Å². The molecule has 1 atom stereocenters. The molecule has 4 nitrogen and oxygen atoms in total. The molecule has 0 amide bonds. The summed E-state index contributed by atoms with van der Waals surface area (Å²) in [6, 6.07) is 0. The Morgan fingerprint density at radius 1 is 1.24 bits per heavy atom. The molecule has 1 aliphatic carbocycles. The van der Waals surface area contributed by atoms with Crippen LogP contribution in [0.2, 0.25) is 0 Å². The van der Waals surface area contributed by atoms with Gasteiger partial charge in [0.05, 0.1) is 6.61 Å². The Morgan fingerprint density at radius 3 is 2.35 bits per heavy atom. The predicted molar refractivity (Wildman–Crippen MR) is 62.4 cm³/mol. The van der Waals surface area contributed by atoms with Crippen LogP contribution in [0.5, 0.6) is 0 Å². The van der Waals surface area contributed by atoms with Crippen LogP contribution >= 0.6 is 0 Å². The van der Waals surface area contributed by atoms with E-state index in [4.69, 9.17) is 4.74 Å². The van der Waals surface area contributed by atoms with Gasteiger partial charge in [0.1, 0.15) is 17.5 Å². The summed E-state index contributed by atoms with van der Waals surface area (Å²) in [4.78, 5) is 35.1. The number of esters is 1. The van der Waals surface area contributed by atoms with Crippen LogP contribution in [0, 0.1) is 11.8 Å². The highest BCUT2D eigenvalue weighted by molar-refractivity contribution is 6.03. The summed E-state index contributed by atoms with van der Waals surface area (Å²) in [6.07, 6.45) is 2.85. The number of hydrogen-bond acceptors (Lipinski definition) is 4. The molecule has 0 aromatic carbocycles. The van der Waals surface area contributed by atoms with E-state index in [-0.39, 0.29) is 30.5 Å². The van der Waals surface area contributed by atoms with E-state index in [0.29, 0.717) is 12.8 Å². The minimum Gasteiger partial charge on any atom is -0.465 e. The monoisotopic (exact) mass is 240 g/mol. The number of ether oxygens (including phenoxy) is 1. The van der Waals surface area contributed by atoms with E-state index in [2.05, 4.69) is 0 Å². The summed E-state index contributed by atoms with van der Waals surface area (Å²) in [6.45, 7) is 3.82. The molecule has 0 aromatic heterocycles. The molecule has 0 aromatic rings. The Hall–Kier alpha value is -1.19. The van der Waals surface area contributed by atoms with Crippen molar-refractivity contribution in [2.24, 2.45) is 11.8 Å². The summed E-state index contributed by atoms with van der Waals surface area (Å²) in [7, 11) is 0. The van der Waals surface area contributed by atoms with Gasteiger partial charge in [-0.3, -0.25) is 14.4 Å². The maximum absolute atomic E-state index is 11.8. The van der Waals surface area contributed by atoms with Gasteiger partial charge in [-0.25, -0.2) is 0 Å². The molecular formula is C13H20O4. The molecule has 1 aliphatic rings. The lowest BCUT2D eigenvalue weighted by molar-refractivity contribution is -0.153. The van der Waals surface area contributed by atoms with E-state index in [1.807, 2.05) is 6.92 Å². The first kappa shape index (κ1) is 13.9. The molecule has 0 N–H and O–H groups in total. The van der Waals surface area contributed by atoms with Gasteiger partial charge >= 0.3 is 5.97 Å². The number of rotatable bonds is 8. The highest BCUT2D eigenvalue weighted by Crippen LogP contribution is 2.32. The van der Waals surface area contributed by atoms with Crippen molar-refractivity contribution in [2.75, 3.05) is 6.61 Å². The largest absolute Gasteiger partial charge is 0.465 e. The lowest BCUT2D eigenvalue weighted by Gasteiger charge is -2.13. The average Bonchev–Trinajstić information content (AvgIpc) is 3.09. The SMILES string of the molecule is CCCC(=O)C(CC(=O)C1CC1)C(=O)OCC. The van der Waals surface area contributed by atoms with Gasteiger partial charge in [-0.2, -0.15) is 0 Å². The number of ketones is 2. The molecule has 4 heteroatoms. The van der Waals surface area contributed by atoms with Gasteiger partial charge in [-0.15, -0.1) is 0 Å². The van der Waals surface area contributed by atoms with Gasteiger partial charge in [0, 0.05) is 18.8 Å². The first-order chi connectivity index (χ1) is 8.10. The van der Waals surface area contributed by atoms with E-state index >= 15 is 0 Å². The average molecular weight is 240 g/mol. The van der Waals surface area contributed by atoms with E-state index < -0.39 is 11.9 Å². The van der Waals surface area contributed by atoms with Crippen molar-refractivity contribution in [3.63, 3.8) is 0 Å². The fourth-order valence-corrected chi connectivity index (χ4v) is 1.77. The van der Waals surface area contributed by atoms with Crippen LogP contribution in [0.3, 0.4) is 0 Å².